The Balaban J connectivity index is 1.54. The number of hydrogen-bond donors (Lipinski definition) is 0. The molecular formula is C17H19N5O2. The van der Waals surface area contributed by atoms with Gasteiger partial charge in [-0.05, 0) is 30.9 Å². The third-order valence-electron chi connectivity index (χ3n) is 4.47. The van der Waals surface area contributed by atoms with Crippen LogP contribution in [-0.4, -0.2) is 43.6 Å². The molecule has 1 saturated heterocycles. The maximum atomic E-state index is 13.0. The highest BCUT2D eigenvalue weighted by Crippen LogP contribution is 2.24. The zero-order valence-corrected chi connectivity index (χ0v) is 13.6. The SMILES string of the molecule is Cc1nc2c(C(=O)N3CCC[C@H](Cn4cncn4)C3)cccc2o1. The van der Waals surface area contributed by atoms with Crippen molar-refractivity contribution >= 4 is 17.0 Å². The number of para-hydroxylation sites is 1. The molecule has 4 rings (SSSR count). The third-order valence-corrected chi connectivity index (χ3v) is 4.47. The van der Waals surface area contributed by atoms with Crippen molar-refractivity contribution in [3.8, 4) is 0 Å². The number of oxazole rings is 1. The van der Waals surface area contributed by atoms with Crippen molar-refractivity contribution in [2.45, 2.75) is 26.3 Å². The molecule has 1 atom stereocenters. The number of aryl methyl sites for hydroxylation is 1. The van der Waals surface area contributed by atoms with Crippen molar-refractivity contribution in [1.82, 2.24) is 24.6 Å². The van der Waals surface area contributed by atoms with E-state index in [0.29, 0.717) is 28.5 Å². The fourth-order valence-electron chi connectivity index (χ4n) is 3.39. The minimum atomic E-state index is 0.0252. The Bertz CT molecular complexity index is 855. The van der Waals surface area contributed by atoms with Crippen molar-refractivity contribution in [1.29, 1.82) is 0 Å². The van der Waals surface area contributed by atoms with Crippen molar-refractivity contribution in [2.24, 2.45) is 5.92 Å². The summed E-state index contributed by atoms with van der Waals surface area (Å²) >= 11 is 0. The van der Waals surface area contributed by atoms with Gasteiger partial charge in [0.25, 0.3) is 5.91 Å². The van der Waals surface area contributed by atoms with E-state index in [2.05, 4.69) is 15.1 Å². The quantitative estimate of drug-likeness (QED) is 0.738. The summed E-state index contributed by atoms with van der Waals surface area (Å²) in [6, 6.07) is 5.51. The molecule has 2 aromatic heterocycles. The van der Waals surface area contributed by atoms with Gasteiger partial charge in [-0.3, -0.25) is 9.48 Å². The summed E-state index contributed by atoms with van der Waals surface area (Å²) < 4.78 is 7.37. The molecule has 124 valence electrons. The fourth-order valence-corrected chi connectivity index (χ4v) is 3.39. The fraction of sp³-hybridized carbons (Fsp3) is 0.412. The number of aromatic nitrogens is 4. The number of hydrogen-bond acceptors (Lipinski definition) is 5. The largest absolute Gasteiger partial charge is 0.441 e. The van der Waals surface area contributed by atoms with E-state index in [1.807, 2.05) is 27.8 Å². The van der Waals surface area contributed by atoms with Gasteiger partial charge >= 0.3 is 0 Å². The predicted molar refractivity (Wildman–Crippen MR) is 87.4 cm³/mol. The molecule has 7 heteroatoms. The molecule has 1 aliphatic heterocycles. The summed E-state index contributed by atoms with van der Waals surface area (Å²) in [7, 11) is 0. The molecule has 0 unspecified atom stereocenters. The first-order valence-corrected chi connectivity index (χ1v) is 8.18. The summed E-state index contributed by atoms with van der Waals surface area (Å²) in [6.45, 7) is 4.09. The Kier molecular flexibility index (Phi) is 3.76. The van der Waals surface area contributed by atoms with Crippen LogP contribution in [0.2, 0.25) is 0 Å². The monoisotopic (exact) mass is 325 g/mol. The Morgan fingerprint density at radius 1 is 1.42 bits per heavy atom. The van der Waals surface area contributed by atoms with Crippen LogP contribution in [0.5, 0.6) is 0 Å². The molecule has 0 saturated carbocycles. The van der Waals surface area contributed by atoms with Crippen LogP contribution in [0, 0.1) is 12.8 Å². The molecule has 0 spiro atoms. The van der Waals surface area contributed by atoms with E-state index in [-0.39, 0.29) is 5.91 Å². The highest BCUT2D eigenvalue weighted by molar-refractivity contribution is 6.04. The molecule has 0 bridgehead atoms. The summed E-state index contributed by atoms with van der Waals surface area (Å²) in [5, 5.41) is 4.16. The minimum absolute atomic E-state index is 0.0252. The lowest BCUT2D eigenvalue weighted by atomic mass is 9.97. The Hall–Kier alpha value is -2.70. The lowest BCUT2D eigenvalue weighted by molar-refractivity contribution is 0.0661. The van der Waals surface area contributed by atoms with Crippen LogP contribution in [0.3, 0.4) is 0 Å². The second-order valence-electron chi connectivity index (χ2n) is 6.26. The van der Waals surface area contributed by atoms with E-state index in [1.165, 1.54) is 0 Å². The molecule has 24 heavy (non-hydrogen) atoms. The average molecular weight is 325 g/mol. The molecule has 0 N–H and O–H groups in total. The van der Waals surface area contributed by atoms with Gasteiger partial charge in [0.05, 0.1) is 5.56 Å². The van der Waals surface area contributed by atoms with E-state index >= 15 is 0 Å². The van der Waals surface area contributed by atoms with E-state index in [9.17, 15) is 4.79 Å². The van der Waals surface area contributed by atoms with Crippen molar-refractivity contribution in [3.63, 3.8) is 0 Å². The summed E-state index contributed by atoms with van der Waals surface area (Å²) in [4.78, 5) is 23.3. The first-order chi connectivity index (χ1) is 11.7. The number of amides is 1. The summed E-state index contributed by atoms with van der Waals surface area (Å²) in [5.41, 5.74) is 1.93. The first-order valence-electron chi connectivity index (χ1n) is 8.18. The van der Waals surface area contributed by atoms with E-state index in [4.69, 9.17) is 4.42 Å². The molecule has 1 aliphatic rings. The number of benzene rings is 1. The maximum Gasteiger partial charge on any atom is 0.256 e. The first kappa shape index (κ1) is 14.9. The number of piperidine rings is 1. The Morgan fingerprint density at radius 2 is 2.33 bits per heavy atom. The van der Waals surface area contributed by atoms with Crippen LogP contribution >= 0.6 is 0 Å². The van der Waals surface area contributed by atoms with Gasteiger partial charge in [-0.2, -0.15) is 5.10 Å². The molecule has 1 fully saturated rings. The normalized spacial score (nSPS) is 18.2. The van der Waals surface area contributed by atoms with E-state index < -0.39 is 0 Å². The van der Waals surface area contributed by atoms with Crippen LogP contribution in [0.4, 0.5) is 0 Å². The second-order valence-corrected chi connectivity index (χ2v) is 6.26. The molecule has 0 radical (unpaired) electrons. The lowest BCUT2D eigenvalue weighted by Gasteiger charge is -2.32. The average Bonchev–Trinajstić information content (AvgIpc) is 3.22. The van der Waals surface area contributed by atoms with Crippen LogP contribution in [0.1, 0.15) is 29.1 Å². The maximum absolute atomic E-state index is 13.0. The van der Waals surface area contributed by atoms with Crippen molar-refractivity contribution in [2.75, 3.05) is 13.1 Å². The van der Waals surface area contributed by atoms with E-state index in [0.717, 1.165) is 32.5 Å². The topological polar surface area (TPSA) is 77.1 Å². The summed E-state index contributed by atoms with van der Waals surface area (Å²) in [6.07, 6.45) is 5.36. The number of carbonyl (C=O) groups excluding carboxylic acids is 1. The van der Waals surface area contributed by atoms with Gasteiger partial charge in [0, 0.05) is 26.6 Å². The van der Waals surface area contributed by atoms with Crippen molar-refractivity contribution < 1.29 is 9.21 Å². The Morgan fingerprint density at radius 3 is 3.17 bits per heavy atom. The van der Waals surface area contributed by atoms with Gasteiger partial charge in [0.15, 0.2) is 11.5 Å². The predicted octanol–water partition coefficient (Wildman–Crippen LogP) is 2.28. The highest BCUT2D eigenvalue weighted by atomic mass is 16.3. The van der Waals surface area contributed by atoms with E-state index in [1.54, 1.807) is 19.6 Å². The van der Waals surface area contributed by atoms with Crippen molar-refractivity contribution in [3.05, 3.63) is 42.3 Å². The molecule has 3 aromatic rings. The molecule has 1 amide bonds. The highest BCUT2D eigenvalue weighted by Gasteiger charge is 2.26. The summed E-state index contributed by atoms with van der Waals surface area (Å²) in [5.74, 6) is 0.993. The molecule has 1 aromatic carbocycles. The molecule has 3 heterocycles. The zero-order chi connectivity index (χ0) is 16.5. The van der Waals surface area contributed by atoms with Gasteiger partial charge in [0.1, 0.15) is 18.2 Å². The Labute approximate surface area is 139 Å². The zero-order valence-electron chi connectivity index (χ0n) is 13.6. The smallest absolute Gasteiger partial charge is 0.256 e. The second kappa shape index (κ2) is 6.07. The number of likely N-dealkylation sites (tertiary alicyclic amines) is 1. The van der Waals surface area contributed by atoms with Crippen LogP contribution in [-0.2, 0) is 6.54 Å². The number of fused-ring (bicyclic) bond motifs is 1. The molecular weight excluding hydrogens is 306 g/mol. The number of rotatable bonds is 3. The van der Waals surface area contributed by atoms with Gasteiger partial charge in [0.2, 0.25) is 0 Å². The molecule has 7 nitrogen and oxygen atoms in total. The standard InChI is InChI=1S/C17H19N5O2/c1-12-20-16-14(5-2-6-15(16)24-12)17(23)21-7-3-4-13(8-21)9-22-11-18-10-19-22/h2,5-6,10-11,13H,3-4,7-9H2,1H3/t13-/m0/s1. The van der Waals surface area contributed by atoms with Gasteiger partial charge in [-0.1, -0.05) is 6.07 Å². The van der Waals surface area contributed by atoms with Crippen LogP contribution < -0.4 is 0 Å². The van der Waals surface area contributed by atoms with Gasteiger partial charge in [-0.15, -0.1) is 0 Å². The van der Waals surface area contributed by atoms with Gasteiger partial charge in [-0.25, -0.2) is 9.97 Å². The van der Waals surface area contributed by atoms with Gasteiger partial charge < -0.3 is 9.32 Å². The number of nitrogens with zero attached hydrogens (tertiary/aromatic N) is 5. The third kappa shape index (κ3) is 2.77. The number of carbonyl (C=O) groups is 1. The lowest BCUT2D eigenvalue weighted by Crippen LogP contribution is -2.41. The van der Waals surface area contributed by atoms with Crippen LogP contribution in [0.25, 0.3) is 11.1 Å². The van der Waals surface area contributed by atoms with Crippen LogP contribution in [0.15, 0.2) is 35.3 Å². The molecule has 0 aliphatic carbocycles. The minimum Gasteiger partial charge on any atom is -0.441 e.